The molecule has 0 fully saturated rings. The van der Waals surface area contributed by atoms with Gasteiger partial charge in [-0.05, 0) is 78.4 Å². The average Bonchev–Trinajstić information content (AvgIpc) is 2.80. The number of halogens is 1. The third kappa shape index (κ3) is 7.31. The molecule has 7 nitrogen and oxygen atoms in total. The molecule has 0 aliphatic heterocycles. The fourth-order valence-corrected chi connectivity index (χ4v) is 3.64. The third-order valence-corrected chi connectivity index (χ3v) is 5.23. The molecule has 0 aliphatic carbocycles. The van der Waals surface area contributed by atoms with E-state index in [4.69, 9.17) is 9.47 Å². The molecule has 0 radical (unpaired) electrons. The van der Waals surface area contributed by atoms with Crippen molar-refractivity contribution in [1.82, 2.24) is 5.43 Å². The van der Waals surface area contributed by atoms with Crippen molar-refractivity contribution in [3.05, 3.63) is 87.0 Å². The maximum absolute atomic E-state index is 12.2. The lowest BCUT2D eigenvalue weighted by Gasteiger charge is -2.14. The molecule has 0 aromatic heterocycles. The molecular formula is C25H24IN3O4. The molecule has 3 rings (SSSR count). The van der Waals surface area contributed by atoms with Gasteiger partial charge in [-0.1, -0.05) is 35.9 Å². The summed E-state index contributed by atoms with van der Waals surface area (Å²) in [4.78, 5) is 24.4. The lowest BCUT2D eigenvalue weighted by Crippen LogP contribution is -2.20. The van der Waals surface area contributed by atoms with Crippen LogP contribution >= 0.6 is 22.6 Å². The van der Waals surface area contributed by atoms with Gasteiger partial charge >= 0.3 is 0 Å². The summed E-state index contributed by atoms with van der Waals surface area (Å²) in [6, 6.07) is 20.0. The van der Waals surface area contributed by atoms with Gasteiger partial charge in [0.15, 0.2) is 18.1 Å². The van der Waals surface area contributed by atoms with Crippen LogP contribution in [-0.4, -0.2) is 31.2 Å². The third-order valence-electron chi connectivity index (χ3n) is 4.43. The van der Waals surface area contributed by atoms with Crippen LogP contribution in [0.2, 0.25) is 0 Å². The number of nitrogens with one attached hydrogen (secondary N) is 2. The van der Waals surface area contributed by atoms with E-state index in [1.807, 2.05) is 50.2 Å². The maximum atomic E-state index is 12.2. The monoisotopic (exact) mass is 557 g/mol. The number of para-hydroxylation sites is 1. The Morgan fingerprint density at radius 1 is 1.03 bits per heavy atom. The van der Waals surface area contributed by atoms with E-state index < -0.39 is 0 Å². The van der Waals surface area contributed by atoms with Crippen molar-refractivity contribution in [3.63, 3.8) is 0 Å². The molecule has 0 saturated heterocycles. The molecule has 2 N–H and O–H groups in total. The van der Waals surface area contributed by atoms with Crippen molar-refractivity contribution in [2.75, 3.05) is 18.5 Å². The number of hydrogen-bond donors (Lipinski definition) is 2. The van der Waals surface area contributed by atoms with Gasteiger partial charge in [0.1, 0.15) is 0 Å². The molecule has 0 aliphatic rings. The van der Waals surface area contributed by atoms with Crippen LogP contribution in [0.15, 0.2) is 71.8 Å². The molecule has 2 amide bonds. The average molecular weight is 557 g/mol. The smallest absolute Gasteiger partial charge is 0.271 e. The number of carbonyl (C=O) groups excluding carboxylic acids is 2. The van der Waals surface area contributed by atoms with E-state index in [9.17, 15) is 9.59 Å². The molecule has 0 spiro atoms. The predicted octanol–water partition coefficient (Wildman–Crippen LogP) is 4.78. The van der Waals surface area contributed by atoms with Crippen LogP contribution in [0, 0.1) is 10.5 Å². The topological polar surface area (TPSA) is 89.0 Å². The summed E-state index contributed by atoms with van der Waals surface area (Å²) in [7, 11) is 0. The van der Waals surface area contributed by atoms with Crippen LogP contribution in [0.1, 0.15) is 28.4 Å². The van der Waals surface area contributed by atoms with Crippen molar-refractivity contribution in [2.24, 2.45) is 5.10 Å². The van der Waals surface area contributed by atoms with Crippen molar-refractivity contribution < 1.29 is 19.1 Å². The van der Waals surface area contributed by atoms with Gasteiger partial charge < -0.3 is 14.8 Å². The van der Waals surface area contributed by atoms with Crippen LogP contribution in [-0.2, 0) is 4.79 Å². The summed E-state index contributed by atoms with van der Waals surface area (Å²) in [5.74, 6) is 0.393. The van der Waals surface area contributed by atoms with Gasteiger partial charge in [0, 0.05) is 11.3 Å². The number of nitrogens with zero attached hydrogens (tertiary/aromatic N) is 1. The SMILES string of the molecule is CCOc1cc(/C=N/NC(=O)c2ccc(C)cc2)cc(I)c1OCC(=O)Nc1ccccc1. The van der Waals surface area contributed by atoms with Gasteiger partial charge in [-0.2, -0.15) is 5.10 Å². The predicted molar refractivity (Wildman–Crippen MR) is 137 cm³/mol. The molecule has 33 heavy (non-hydrogen) atoms. The van der Waals surface area contributed by atoms with Gasteiger partial charge in [0.25, 0.3) is 11.8 Å². The van der Waals surface area contributed by atoms with Gasteiger partial charge in [0.05, 0.1) is 16.4 Å². The zero-order chi connectivity index (χ0) is 23.6. The van der Waals surface area contributed by atoms with Crippen LogP contribution in [0.3, 0.4) is 0 Å². The fraction of sp³-hybridized carbons (Fsp3) is 0.160. The second kappa shape index (κ2) is 12.0. The highest BCUT2D eigenvalue weighted by atomic mass is 127. The summed E-state index contributed by atoms with van der Waals surface area (Å²) in [5.41, 5.74) is 5.54. The summed E-state index contributed by atoms with van der Waals surface area (Å²) in [5, 5.41) is 6.83. The van der Waals surface area contributed by atoms with E-state index in [0.717, 1.165) is 9.13 Å². The summed E-state index contributed by atoms with van der Waals surface area (Å²) < 4.78 is 12.2. The molecule has 0 bridgehead atoms. The van der Waals surface area contributed by atoms with E-state index in [1.54, 1.807) is 30.3 Å². The van der Waals surface area contributed by atoms with Crippen LogP contribution in [0.5, 0.6) is 11.5 Å². The number of anilines is 1. The molecule has 8 heteroatoms. The number of amides is 2. The van der Waals surface area contributed by atoms with Crippen molar-refractivity contribution in [3.8, 4) is 11.5 Å². The van der Waals surface area contributed by atoms with Gasteiger partial charge in [-0.25, -0.2) is 5.43 Å². The van der Waals surface area contributed by atoms with Crippen molar-refractivity contribution in [1.29, 1.82) is 0 Å². The lowest BCUT2D eigenvalue weighted by atomic mass is 10.1. The number of carbonyl (C=O) groups is 2. The number of hydrazone groups is 1. The largest absolute Gasteiger partial charge is 0.490 e. The standard InChI is InChI=1S/C25H24IN3O4/c1-3-32-22-14-18(15-27-29-25(31)19-11-9-17(2)10-12-19)13-21(26)24(22)33-16-23(30)28-20-7-5-4-6-8-20/h4-15H,3,16H2,1-2H3,(H,28,30)(H,29,31)/b27-15+. The number of hydrogen-bond acceptors (Lipinski definition) is 5. The summed E-state index contributed by atoms with van der Waals surface area (Å²) in [6.45, 7) is 4.08. The molecule has 3 aromatic rings. The Bertz CT molecular complexity index is 1130. The van der Waals surface area contributed by atoms with E-state index in [0.29, 0.717) is 34.9 Å². The quantitative estimate of drug-likeness (QED) is 0.225. The molecule has 0 atom stereocenters. The van der Waals surface area contributed by atoms with E-state index in [2.05, 4.69) is 38.4 Å². The molecule has 0 saturated carbocycles. The first-order valence-corrected chi connectivity index (χ1v) is 11.4. The summed E-state index contributed by atoms with van der Waals surface area (Å²) in [6.07, 6.45) is 1.53. The minimum absolute atomic E-state index is 0.162. The van der Waals surface area contributed by atoms with Gasteiger partial charge in [0.2, 0.25) is 0 Å². The highest BCUT2D eigenvalue weighted by molar-refractivity contribution is 14.1. The molecular weight excluding hydrogens is 533 g/mol. The van der Waals surface area contributed by atoms with Crippen LogP contribution in [0.25, 0.3) is 0 Å². The number of aryl methyl sites for hydroxylation is 1. The first kappa shape index (κ1) is 24.2. The van der Waals surface area contributed by atoms with Crippen LogP contribution in [0.4, 0.5) is 5.69 Å². The molecule has 0 unspecified atom stereocenters. The summed E-state index contributed by atoms with van der Waals surface area (Å²) >= 11 is 2.11. The lowest BCUT2D eigenvalue weighted by molar-refractivity contribution is -0.118. The highest BCUT2D eigenvalue weighted by Crippen LogP contribution is 2.34. The highest BCUT2D eigenvalue weighted by Gasteiger charge is 2.14. The van der Waals surface area contributed by atoms with Crippen molar-refractivity contribution in [2.45, 2.75) is 13.8 Å². The normalized spacial score (nSPS) is 10.6. The Labute approximate surface area is 206 Å². The molecule has 0 heterocycles. The zero-order valence-electron chi connectivity index (χ0n) is 18.3. The second-order valence-electron chi connectivity index (χ2n) is 7.03. The Hall–Kier alpha value is -3.40. The zero-order valence-corrected chi connectivity index (χ0v) is 20.5. The molecule has 170 valence electrons. The Balaban J connectivity index is 1.65. The maximum Gasteiger partial charge on any atom is 0.271 e. The minimum atomic E-state index is -0.296. The fourth-order valence-electron chi connectivity index (χ4n) is 2.86. The number of ether oxygens (including phenoxy) is 2. The van der Waals surface area contributed by atoms with E-state index >= 15 is 0 Å². The minimum Gasteiger partial charge on any atom is -0.490 e. The Morgan fingerprint density at radius 2 is 1.76 bits per heavy atom. The van der Waals surface area contributed by atoms with E-state index in [-0.39, 0.29) is 18.4 Å². The first-order chi connectivity index (χ1) is 16.0. The Morgan fingerprint density at radius 3 is 2.45 bits per heavy atom. The van der Waals surface area contributed by atoms with Gasteiger partial charge in [-0.3, -0.25) is 9.59 Å². The number of benzene rings is 3. The van der Waals surface area contributed by atoms with Crippen molar-refractivity contribution >= 4 is 46.3 Å². The van der Waals surface area contributed by atoms with Crippen LogP contribution < -0.4 is 20.2 Å². The van der Waals surface area contributed by atoms with E-state index in [1.165, 1.54) is 6.21 Å². The molecule has 3 aromatic carbocycles. The second-order valence-corrected chi connectivity index (χ2v) is 8.19. The first-order valence-electron chi connectivity index (χ1n) is 10.3. The number of rotatable bonds is 9. The Kier molecular flexibility index (Phi) is 8.82. The van der Waals surface area contributed by atoms with Gasteiger partial charge in [-0.15, -0.1) is 0 Å².